The van der Waals surface area contributed by atoms with Crippen molar-refractivity contribution in [3.05, 3.63) is 53.6 Å². The number of pyridine rings is 1. The normalized spacial score (nSPS) is 10.4. The first-order valence-electron chi connectivity index (χ1n) is 5.72. The van der Waals surface area contributed by atoms with Gasteiger partial charge in [0.25, 0.3) is 0 Å². The second kappa shape index (κ2) is 5.60. The molecule has 1 N–H and O–H groups in total. The molecule has 0 spiro atoms. The standard InChI is InChI=1S/C14H15FN2O/c1-10-7-12(15)3-4-13(10)18-14-9-17-6-5-11(14)8-16-2/h3-7,9,16H,8H2,1-2H3. The van der Waals surface area contributed by atoms with Crippen LogP contribution in [0.4, 0.5) is 4.39 Å². The van der Waals surface area contributed by atoms with Gasteiger partial charge >= 0.3 is 0 Å². The summed E-state index contributed by atoms with van der Waals surface area (Å²) < 4.78 is 18.8. The van der Waals surface area contributed by atoms with Crippen LogP contribution < -0.4 is 10.1 Å². The van der Waals surface area contributed by atoms with E-state index < -0.39 is 0 Å². The van der Waals surface area contributed by atoms with Gasteiger partial charge in [0.1, 0.15) is 17.3 Å². The van der Waals surface area contributed by atoms with Gasteiger partial charge in [-0.2, -0.15) is 0 Å². The van der Waals surface area contributed by atoms with Crippen LogP contribution in [0.5, 0.6) is 11.5 Å². The second-order valence-electron chi connectivity index (χ2n) is 4.03. The first-order chi connectivity index (χ1) is 8.70. The minimum absolute atomic E-state index is 0.263. The van der Waals surface area contributed by atoms with Crippen molar-refractivity contribution in [3.8, 4) is 11.5 Å². The van der Waals surface area contributed by atoms with E-state index in [1.807, 2.05) is 20.0 Å². The fraction of sp³-hybridized carbons (Fsp3) is 0.214. The van der Waals surface area contributed by atoms with Crippen molar-refractivity contribution in [3.63, 3.8) is 0 Å². The van der Waals surface area contributed by atoms with Gasteiger partial charge in [0, 0.05) is 18.3 Å². The Kier molecular flexibility index (Phi) is 3.89. The molecule has 3 nitrogen and oxygen atoms in total. The third-order valence-corrected chi connectivity index (χ3v) is 2.59. The first kappa shape index (κ1) is 12.5. The van der Waals surface area contributed by atoms with Crippen molar-refractivity contribution in [1.29, 1.82) is 0 Å². The summed E-state index contributed by atoms with van der Waals surface area (Å²) in [5, 5.41) is 3.07. The van der Waals surface area contributed by atoms with Gasteiger partial charge in [0.2, 0.25) is 0 Å². The van der Waals surface area contributed by atoms with Crippen molar-refractivity contribution in [2.75, 3.05) is 7.05 Å². The maximum Gasteiger partial charge on any atom is 0.150 e. The molecule has 0 bridgehead atoms. The summed E-state index contributed by atoms with van der Waals surface area (Å²) in [7, 11) is 1.87. The van der Waals surface area contributed by atoms with E-state index in [2.05, 4.69) is 10.3 Å². The predicted molar refractivity (Wildman–Crippen MR) is 68.2 cm³/mol. The van der Waals surface area contributed by atoms with Gasteiger partial charge in [-0.25, -0.2) is 4.39 Å². The average Bonchev–Trinajstić information content (AvgIpc) is 2.35. The Morgan fingerprint density at radius 1 is 1.28 bits per heavy atom. The Morgan fingerprint density at radius 2 is 2.11 bits per heavy atom. The Labute approximate surface area is 106 Å². The zero-order valence-electron chi connectivity index (χ0n) is 10.4. The molecule has 0 aliphatic carbocycles. The summed E-state index contributed by atoms with van der Waals surface area (Å²) in [4.78, 5) is 4.04. The lowest BCUT2D eigenvalue weighted by Crippen LogP contribution is -2.06. The molecule has 94 valence electrons. The van der Waals surface area contributed by atoms with Crippen molar-refractivity contribution < 1.29 is 9.13 Å². The fourth-order valence-corrected chi connectivity index (χ4v) is 1.68. The van der Waals surface area contributed by atoms with Gasteiger partial charge < -0.3 is 10.1 Å². The molecular weight excluding hydrogens is 231 g/mol. The second-order valence-corrected chi connectivity index (χ2v) is 4.03. The number of benzene rings is 1. The smallest absolute Gasteiger partial charge is 0.150 e. The largest absolute Gasteiger partial charge is 0.455 e. The van der Waals surface area contributed by atoms with Crippen LogP contribution in [0.2, 0.25) is 0 Å². The van der Waals surface area contributed by atoms with E-state index in [-0.39, 0.29) is 5.82 Å². The van der Waals surface area contributed by atoms with Crippen molar-refractivity contribution >= 4 is 0 Å². The average molecular weight is 246 g/mol. The van der Waals surface area contributed by atoms with E-state index >= 15 is 0 Å². The minimum Gasteiger partial charge on any atom is -0.455 e. The van der Waals surface area contributed by atoms with Gasteiger partial charge in [0.05, 0.1) is 6.20 Å². The van der Waals surface area contributed by atoms with Crippen molar-refractivity contribution in [2.45, 2.75) is 13.5 Å². The molecule has 2 aromatic rings. The molecule has 0 unspecified atom stereocenters. The highest BCUT2D eigenvalue weighted by Gasteiger charge is 2.07. The lowest BCUT2D eigenvalue weighted by Gasteiger charge is -2.12. The summed E-state index contributed by atoms with van der Waals surface area (Å²) in [5.41, 5.74) is 1.77. The number of aromatic nitrogens is 1. The number of halogens is 1. The molecule has 0 amide bonds. The maximum atomic E-state index is 13.0. The van der Waals surface area contributed by atoms with Crippen LogP contribution in [-0.4, -0.2) is 12.0 Å². The van der Waals surface area contributed by atoms with Crippen LogP contribution >= 0.6 is 0 Å². The van der Waals surface area contributed by atoms with Gasteiger partial charge in [-0.3, -0.25) is 4.98 Å². The Hall–Kier alpha value is -1.94. The van der Waals surface area contributed by atoms with Crippen LogP contribution in [0.1, 0.15) is 11.1 Å². The first-order valence-corrected chi connectivity index (χ1v) is 5.72. The van der Waals surface area contributed by atoms with E-state index in [0.717, 1.165) is 11.1 Å². The third kappa shape index (κ3) is 2.84. The maximum absolute atomic E-state index is 13.0. The SMILES string of the molecule is CNCc1ccncc1Oc1ccc(F)cc1C. The number of aryl methyl sites for hydroxylation is 1. The lowest BCUT2D eigenvalue weighted by atomic mass is 10.2. The number of nitrogens with one attached hydrogen (secondary N) is 1. The van der Waals surface area contributed by atoms with Crippen LogP contribution in [0.15, 0.2) is 36.7 Å². The molecule has 1 aromatic carbocycles. The van der Waals surface area contributed by atoms with E-state index in [0.29, 0.717) is 18.0 Å². The topological polar surface area (TPSA) is 34.2 Å². The highest BCUT2D eigenvalue weighted by atomic mass is 19.1. The molecular formula is C14H15FN2O. The summed E-state index contributed by atoms with van der Waals surface area (Å²) in [6.45, 7) is 2.50. The quantitative estimate of drug-likeness (QED) is 0.900. The number of hydrogen-bond acceptors (Lipinski definition) is 3. The minimum atomic E-state index is -0.263. The molecule has 0 atom stereocenters. The van der Waals surface area contributed by atoms with Crippen LogP contribution in [0.3, 0.4) is 0 Å². The molecule has 0 fully saturated rings. The van der Waals surface area contributed by atoms with Crippen LogP contribution in [0.25, 0.3) is 0 Å². The Bertz CT molecular complexity index is 543. The Morgan fingerprint density at radius 3 is 2.83 bits per heavy atom. The molecule has 1 heterocycles. The van der Waals surface area contributed by atoms with Crippen molar-refractivity contribution in [2.24, 2.45) is 0 Å². The summed E-state index contributed by atoms with van der Waals surface area (Å²) in [6, 6.07) is 6.35. The molecule has 4 heteroatoms. The molecule has 0 radical (unpaired) electrons. The van der Waals surface area contributed by atoms with Crippen LogP contribution in [0, 0.1) is 12.7 Å². The lowest BCUT2D eigenvalue weighted by molar-refractivity contribution is 0.466. The fourth-order valence-electron chi connectivity index (χ4n) is 1.68. The van der Waals surface area contributed by atoms with Gasteiger partial charge in [-0.05, 0) is 43.8 Å². The zero-order chi connectivity index (χ0) is 13.0. The Balaban J connectivity index is 2.28. The van der Waals surface area contributed by atoms with E-state index in [1.165, 1.54) is 12.1 Å². The van der Waals surface area contributed by atoms with Gasteiger partial charge in [-0.1, -0.05) is 0 Å². The summed E-state index contributed by atoms with van der Waals surface area (Å²) in [6.07, 6.45) is 3.38. The van der Waals surface area contributed by atoms with Crippen LogP contribution in [-0.2, 0) is 6.54 Å². The number of ether oxygens (including phenoxy) is 1. The zero-order valence-corrected chi connectivity index (χ0v) is 10.4. The molecule has 18 heavy (non-hydrogen) atoms. The molecule has 0 saturated carbocycles. The molecule has 0 aliphatic rings. The molecule has 2 rings (SSSR count). The number of nitrogens with zero attached hydrogens (tertiary/aromatic N) is 1. The van der Waals surface area contributed by atoms with Crippen molar-refractivity contribution in [1.82, 2.24) is 10.3 Å². The highest BCUT2D eigenvalue weighted by molar-refractivity contribution is 5.39. The molecule has 0 saturated heterocycles. The summed E-state index contributed by atoms with van der Waals surface area (Å²) in [5.74, 6) is 1.06. The van der Waals surface area contributed by atoms with E-state index in [1.54, 1.807) is 18.5 Å². The van der Waals surface area contributed by atoms with Gasteiger partial charge in [0.15, 0.2) is 0 Å². The number of hydrogen-bond donors (Lipinski definition) is 1. The molecule has 0 aliphatic heterocycles. The predicted octanol–water partition coefficient (Wildman–Crippen LogP) is 3.04. The van der Waals surface area contributed by atoms with E-state index in [4.69, 9.17) is 4.74 Å². The third-order valence-electron chi connectivity index (χ3n) is 2.59. The monoisotopic (exact) mass is 246 g/mol. The number of rotatable bonds is 4. The highest BCUT2D eigenvalue weighted by Crippen LogP contribution is 2.27. The summed E-state index contributed by atoms with van der Waals surface area (Å²) >= 11 is 0. The van der Waals surface area contributed by atoms with Gasteiger partial charge in [-0.15, -0.1) is 0 Å². The molecule has 1 aromatic heterocycles. The van der Waals surface area contributed by atoms with E-state index in [9.17, 15) is 4.39 Å².